The maximum absolute atomic E-state index is 13.1. The fourth-order valence-electron chi connectivity index (χ4n) is 5.18. The van der Waals surface area contributed by atoms with E-state index < -0.39 is 23.4 Å². The molecule has 0 radical (unpaired) electrons. The molecule has 1 N–H and O–H groups in total. The highest BCUT2D eigenvalue weighted by molar-refractivity contribution is 5.78. The van der Waals surface area contributed by atoms with Crippen molar-refractivity contribution in [1.82, 2.24) is 4.98 Å². The number of hydrogen-bond acceptors (Lipinski definition) is 3. The minimum absolute atomic E-state index is 0.0546. The Morgan fingerprint density at radius 3 is 1.85 bits per heavy atom. The summed E-state index contributed by atoms with van der Waals surface area (Å²) in [6.07, 6.45) is -8.04. The first-order chi connectivity index (χ1) is 19.0. The summed E-state index contributed by atoms with van der Waals surface area (Å²) in [7, 11) is 0. The Kier molecular flexibility index (Phi) is 9.23. The second-order valence-electron chi connectivity index (χ2n) is 10.4. The van der Waals surface area contributed by atoms with Gasteiger partial charge in [-0.15, -0.1) is 0 Å². The number of halogens is 6. The van der Waals surface area contributed by atoms with Gasteiger partial charge in [-0.1, -0.05) is 62.4 Å². The summed E-state index contributed by atoms with van der Waals surface area (Å²) in [4.78, 5) is 15.9. The topological polar surface area (TPSA) is 50.2 Å². The summed E-state index contributed by atoms with van der Waals surface area (Å²) < 4.78 is 78.6. The predicted molar refractivity (Wildman–Crippen MR) is 147 cm³/mol. The number of ketones is 1. The molecule has 1 aromatic heterocycles. The fraction of sp³-hybridized carbons (Fsp3) is 0.375. The molecule has 0 unspecified atom stereocenters. The molecular formula is C32H33F6NO2. The van der Waals surface area contributed by atoms with Crippen LogP contribution in [0.1, 0.15) is 67.0 Å². The van der Waals surface area contributed by atoms with Crippen LogP contribution in [-0.4, -0.2) is 33.8 Å². The first-order valence-corrected chi connectivity index (χ1v) is 13.2. The van der Waals surface area contributed by atoms with Crippen molar-refractivity contribution >= 4 is 11.9 Å². The van der Waals surface area contributed by atoms with E-state index in [1.54, 1.807) is 25.3 Å². The zero-order chi connectivity index (χ0) is 30.8. The van der Waals surface area contributed by atoms with E-state index in [1.165, 1.54) is 13.0 Å². The van der Waals surface area contributed by atoms with Crippen LogP contribution in [0.2, 0.25) is 0 Å². The molecular weight excluding hydrogens is 544 g/mol. The van der Waals surface area contributed by atoms with Crippen molar-refractivity contribution in [2.75, 3.05) is 0 Å². The highest BCUT2D eigenvalue weighted by atomic mass is 19.4. The predicted octanol–water partition coefficient (Wildman–Crippen LogP) is 8.47. The lowest BCUT2D eigenvalue weighted by Crippen LogP contribution is -2.55. The number of nitrogens with zero attached hydrogens (tertiary/aromatic N) is 1. The Hall–Kier alpha value is -3.46. The number of pyridine rings is 1. The smallest absolute Gasteiger partial charge is 0.370 e. The van der Waals surface area contributed by atoms with E-state index in [1.807, 2.05) is 45.0 Å². The van der Waals surface area contributed by atoms with Crippen molar-refractivity contribution in [3.63, 3.8) is 0 Å². The minimum Gasteiger partial charge on any atom is -0.370 e. The zero-order valence-corrected chi connectivity index (χ0v) is 23.5. The molecule has 0 spiro atoms. The van der Waals surface area contributed by atoms with Gasteiger partial charge < -0.3 is 5.11 Å². The molecule has 0 aliphatic heterocycles. The first kappa shape index (κ1) is 32.1. The van der Waals surface area contributed by atoms with E-state index in [0.717, 1.165) is 33.5 Å². The van der Waals surface area contributed by atoms with Crippen LogP contribution in [0.15, 0.2) is 60.8 Å². The van der Waals surface area contributed by atoms with Crippen molar-refractivity contribution in [2.24, 2.45) is 0 Å². The van der Waals surface area contributed by atoms with E-state index in [0.29, 0.717) is 30.9 Å². The molecule has 0 saturated carbocycles. The average Bonchev–Trinajstić information content (AvgIpc) is 2.88. The Labute approximate surface area is 235 Å². The Bertz CT molecular complexity index is 1400. The number of benzene rings is 2. The van der Waals surface area contributed by atoms with Crippen LogP contribution in [0.25, 0.3) is 17.3 Å². The molecule has 1 heterocycles. The number of carbonyl (C=O) groups excluding carboxylic acids is 1. The molecule has 3 aromatic rings. The molecule has 0 aliphatic carbocycles. The van der Waals surface area contributed by atoms with Crippen LogP contribution in [0.4, 0.5) is 26.3 Å². The molecule has 0 bridgehead atoms. The van der Waals surface area contributed by atoms with Crippen molar-refractivity contribution in [3.05, 3.63) is 94.2 Å². The number of alkyl halides is 6. The Morgan fingerprint density at radius 1 is 0.854 bits per heavy atom. The lowest BCUT2D eigenvalue weighted by molar-refractivity contribution is -0.347. The van der Waals surface area contributed by atoms with Gasteiger partial charge in [0.05, 0.1) is 5.69 Å². The van der Waals surface area contributed by atoms with Crippen molar-refractivity contribution in [3.8, 4) is 11.3 Å². The average molecular weight is 578 g/mol. The van der Waals surface area contributed by atoms with E-state index in [4.69, 9.17) is 0 Å². The maximum Gasteiger partial charge on any atom is 0.430 e. The number of Topliss-reactive ketones (excluding diaryl/α,β-unsaturated/α-hetero) is 1. The summed E-state index contributed by atoms with van der Waals surface area (Å²) in [5.41, 5.74) is 0.593. The number of rotatable bonds is 9. The molecule has 0 atom stereocenters. The van der Waals surface area contributed by atoms with Crippen LogP contribution < -0.4 is 0 Å². The molecule has 0 fully saturated rings. The SMILES string of the molecule is CCC(CC)(c1ccc(/C=C/C(O)(C(F)(F)F)C(F)(F)F)c(C)c1)c1ccc(-c2ccc(CC(C)=O)cn2)c(C)c1. The van der Waals surface area contributed by atoms with Gasteiger partial charge in [0.2, 0.25) is 0 Å². The van der Waals surface area contributed by atoms with Gasteiger partial charge in [-0.25, -0.2) is 0 Å². The van der Waals surface area contributed by atoms with E-state index in [-0.39, 0.29) is 17.4 Å². The van der Waals surface area contributed by atoms with Crippen LogP contribution in [0.5, 0.6) is 0 Å². The maximum atomic E-state index is 13.1. The van der Waals surface area contributed by atoms with Gasteiger partial charge in [-0.3, -0.25) is 9.78 Å². The van der Waals surface area contributed by atoms with Gasteiger partial charge in [-0.2, -0.15) is 26.3 Å². The summed E-state index contributed by atoms with van der Waals surface area (Å²) >= 11 is 0. The van der Waals surface area contributed by atoms with Gasteiger partial charge in [-0.05, 0) is 79.1 Å². The molecule has 0 saturated heterocycles. The largest absolute Gasteiger partial charge is 0.430 e. The van der Waals surface area contributed by atoms with Crippen molar-refractivity contribution in [2.45, 2.75) is 77.2 Å². The molecule has 2 aromatic carbocycles. The van der Waals surface area contributed by atoms with Crippen LogP contribution in [-0.2, 0) is 16.6 Å². The summed E-state index contributed by atoms with van der Waals surface area (Å²) in [6, 6.07) is 14.8. The molecule has 3 rings (SSSR count). The second-order valence-corrected chi connectivity index (χ2v) is 10.4. The van der Waals surface area contributed by atoms with E-state index in [9.17, 15) is 36.2 Å². The second kappa shape index (κ2) is 11.8. The highest BCUT2D eigenvalue weighted by Crippen LogP contribution is 2.45. The van der Waals surface area contributed by atoms with Gasteiger partial charge >= 0.3 is 12.4 Å². The fourth-order valence-corrected chi connectivity index (χ4v) is 5.18. The van der Waals surface area contributed by atoms with Crippen LogP contribution in [0.3, 0.4) is 0 Å². The molecule has 9 heteroatoms. The third-order valence-electron chi connectivity index (χ3n) is 7.73. The molecule has 0 aliphatic rings. The monoisotopic (exact) mass is 577 g/mol. The highest BCUT2D eigenvalue weighted by Gasteiger charge is 2.68. The van der Waals surface area contributed by atoms with Gasteiger partial charge in [0, 0.05) is 23.6 Å². The summed E-state index contributed by atoms with van der Waals surface area (Å²) in [5, 5.41) is 9.47. The lowest BCUT2D eigenvalue weighted by Gasteiger charge is -2.34. The third kappa shape index (κ3) is 6.40. The standard InChI is InChI=1S/C32H33F6NO2/c1-6-29(7-2,26-11-12-27(21(4)17-26)28-13-8-23(19-39-28)18-22(5)40)25-10-9-24(20(3)16-25)14-15-30(41,31(33,34)35)32(36,37)38/h8-17,19,41H,6-7,18H2,1-5H3/b15-14+. The van der Waals surface area contributed by atoms with E-state index >= 15 is 0 Å². The number of aryl methyl sites for hydroxylation is 2. The Morgan fingerprint density at radius 2 is 1.41 bits per heavy atom. The van der Waals surface area contributed by atoms with Crippen LogP contribution >= 0.6 is 0 Å². The van der Waals surface area contributed by atoms with Gasteiger partial charge in [0.15, 0.2) is 0 Å². The number of hydrogen-bond donors (Lipinski definition) is 1. The van der Waals surface area contributed by atoms with Gasteiger partial charge in [0.25, 0.3) is 5.60 Å². The number of aromatic nitrogens is 1. The Balaban J connectivity index is 1.99. The normalized spacial score (nSPS) is 13.2. The van der Waals surface area contributed by atoms with Crippen molar-refractivity contribution < 1.29 is 36.2 Å². The van der Waals surface area contributed by atoms with Gasteiger partial charge in [0.1, 0.15) is 5.78 Å². The molecule has 3 nitrogen and oxygen atoms in total. The summed E-state index contributed by atoms with van der Waals surface area (Å²) in [5.74, 6) is 0.0546. The quantitative estimate of drug-likeness (QED) is 0.260. The lowest BCUT2D eigenvalue weighted by atomic mass is 9.69. The van der Waals surface area contributed by atoms with Crippen molar-refractivity contribution in [1.29, 1.82) is 0 Å². The number of carbonyl (C=O) groups is 1. The van der Waals surface area contributed by atoms with E-state index in [2.05, 4.69) is 11.1 Å². The minimum atomic E-state index is -5.93. The number of aliphatic hydroxyl groups is 1. The molecule has 41 heavy (non-hydrogen) atoms. The zero-order valence-electron chi connectivity index (χ0n) is 23.5. The first-order valence-electron chi connectivity index (χ1n) is 13.2. The van der Waals surface area contributed by atoms with Crippen LogP contribution in [0, 0.1) is 13.8 Å². The third-order valence-corrected chi connectivity index (χ3v) is 7.73. The summed E-state index contributed by atoms with van der Waals surface area (Å²) in [6.45, 7) is 9.16. The molecule has 220 valence electrons. The molecule has 0 amide bonds.